The highest BCUT2D eigenvalue weighted by molar-refractivity contribution is 5.26. The van der Waals surface area contributed by atoms with E-state index < -0.39 is 0 Å². The van der Waals surface area contributed by atoms with Gasteiger partial charge in [0.05, 0.1) is 12.8 Å². The molecule has 18 heavy (non-hydrogen) atoms. The summed E-state index contributed by atoms with van der Waals surface area (Å²) in [5.41, 5.74) is 2.06. The van der Waals surface area contributed by atoms with E-state index in [-0.39, 0.29) is 0 Å². The van der Waals surface area contributed by atoms with Crippen molar-refractivity contribution in [2.24, 2.45) is 5.92 Å². The molecule has 0 amide bonds. The maximum absolute atomic E-state index is 8.96. The van der Waals surface area contributed by atoms with E-state index in [4.69, 9.17) is 9.84 Å². The molecule has 100 valence electrons. The predicted molar refractivity (Wildman–Crippen MR) is 70.6 cm³/mol. The van der Waals surface area contributed by atoms with E-state index in [0.29, 0.717) is 12.5 Å². The molecule has 2 heterocycles. The van der Waals surface area contributed by atoms with Crippen LogP contribution in [0.1, 0.15) is 24.2 Å². The molecule has 1 aliphatic rings. The van der Waals surface area contributed by atoms with E-state index in [1.807, 2.05) is 19.1 Å². The van der Waals surface area contributed by atoms with Crippen molar-refractivity contribution in [2.45, 2.75) is 26.3 Å². The molecule has 1 fully saturated rings. The number of pyridine rings is 1. The molecular weight excluding hydrogens is 228 g/mol. The van der Waals surface area contributed by atoms with Gasteiger partial charge in [-0.3, -0.25) is 9.88 Å². The van der Waals surface area contributed by atoms with Crippen molar-refractivity contribution in [3.05, 3.63) is 23.5 Å². The largest absolute Gasteiger partial charge is 0.497 e. The van der Waals surface area contributed by atoms with Crippen LogP contribution in [-0.4, -0.2) is 41.8 Å². The number of hydrogen-bond donors (Lipinski definition) is 1. The highest BCUT2D eigenvalue weighted by Crippen LogP contribution is 2.22. The maximum Gasteiger partial charge on any atom is 0.122 e. The molecule has 1 saturated heterocycles. The van der Waals surface area contributed by atoms with Gasteiger partial charge in [-0.1, -0.05) is 0 Å². The monoisotopic (exact) mass is 250 g/mol. The Morgan fingerprint density at radius 2 is 2.33 bits per heavy atom. The summed E-state index contributed by atoms with van der Waals surface area (Å²) in [7, 11) is 1.69. The smallest absolute Gasteiger partial charge is 0.122 e. The van der Waals surface area contributed by atoms with Crippen molar-refractivity contribution >= 4 is 0 Å². The predicted octanol–water partition coefficient (Wildman–Crippen LogP) is 1.60. The fraction of sp³-hybridized carbons (Fsp3) is 0.643. The Labute approximate surface area is 109 Å². The van der Waals surface area contributed by atoms with Gasteiger partial charge in [-0.2, -0.15) is 0 Å². The number of nitrogens with zero attached hydrogens (tertiary/aromatic N) is 2. The zero-order chi connectivity index (χ0) is 13.0. The third kappa shape index (κ3) is 3.43. The van der Waals surface area contributed by atoms with Gasteiger partial charge in [0.15, 0.2) is 0 Å². The van der Waals surface area contributed by atoms with Gasteiger partial charge in [0.2, 0.25) is 0 Å². The van der Waals surface area contributed by atoms with Crippen molar-refractivity contribution in [1.82, 2.24) is 9.88 Å². The summed E-state index contributed by atoms with van der Waals surface area (Å²) in [6.45, 7) is 5.33. The molecule has 4 heteroatoms. The molecule has 0 aromatic carbocycles. The van der Waals surface area contributed by atoms with Crippen LogP contribution >= 0.6 is 0 Å². The summed E-state index contributed by atoms with van der Waals surface area (Å²) in [6, 6.07) is 3.95. The fourth-order valence-corrected chi connectivity index (χ4v) is 2.61. The molecule has 0 radical (unpaired) electrons. The van der Waals surface area contributed by atoms with Crippen LogP contribution in [0.4, 0.5) is 0 Å². The Balaban J connectivity index is 1.95. The second kappa shape index (κ2) is 6.16. The number of rotatable bonds is 5. The molecule has 1 aromatic heterocycles. The highest BCUT2D eigenvalue weighted by atomic mass is 16.5. The molecule has 0 aliphatic carbocycles. The van der Waals surface area contributed by atoms with Gasteiger partial charge in [0.1, 0.15) is 5.75 Å². The van der Waals surface area contributed by atoms with E-state index in [0.717, 1.165) is 43.2 Å². The average molecular weight is 250 g/mol. The third-order valence-corrected chi connectivity index (χ3v) is 3.51. The molecule has 0 spiro atoms. The summed E-state index contributed by atoms with van der Waals surface area (Å²) in [4.78, 5) is 6.95. The normalized spacial score (nSPS) is 20.3. The van der Waals surface area contributed by atoms with Crippen molar-refractivity contribution < 1.29 is 9.84 Å². The molecule has 4 nitrogen and oxygen atoms in total. The lowest BCUT2D eigenvalue weighted by Gasteiger charge is -2.16. The van der Waals surface area contributed by atoms with Crippen molar-refractivity contribution in [1.29, 1.82) is 0 Å². The van der Waals surface area contributed by atoms with Crippen LogP contribution in [0.5, 0.6) is 5.75 Å². The van der Waals surface area contributed by atoms with Crippen LogP contribution in [-0.2, 0) is 6.54 Å². The number of likely N-dealkylation sites (tertiary alicyclic amines) is 1. The van der Waals surface area contributed by atoms with E-state index in [1.54, 1.807) is 7.11 Å². The van der Waals surface area contributed by atoms with E-state index in [1.165, 1.54) is 6.42 Å². The van der Waals surface area contributed by atoms with Gasteiger partial charge in [0.25, 0.3) is 0 Å². The molecule has 1 aromatic rings. The topological polar surface area (TPSA) is 45.6 Å². The minimum absolute atomic E-state index is 0.301. The standard InChI is InChI=1S/C14H22N2O2/c1-11-7-14(18-2)8-13(15-11)10-16-5-3-12(9-16)4-6-17/h7-8,12,17H,3-6,9-10H2,1-2H3. The van der Waals surface area contributed by atoms with Gasteiger partial charge < -0.3 is 9.84 Å². The highest BCUT2D eigenvalue weighted by Gasteiger charge is 2.22. The Bertz CT molecular complexity index is 395. The van der Waals surface area contributed by atoms with Gasteiger partial charge in [-0.25, -0.2) is 0 Å². The number of aliphatic hydroxyl groups is 1. The first-order valence-corrected chi connectivity index (χ1v) is 6.56. The van der Waals surface area contributed by atoms with Gasteiger partial charge in [-0.05, 0) is 32.2 Å². The molecule has 1 unspecified atom stereocenters. The van der Waals surface area contributed by atoms with Crippen molar-refractivity contribution in [3.63, 3.8) is 0 Å². The zero-order valence-electron chi connectivity index (χ0n) is 11.2. The number of aryl methyl sites for hydroxylation is 1. The van der Waals surface area contributed by atoms with Gasteiger partial charge in [-0.15, -0.1) is 0 Å². The van der Waals surface area contributed by atoms with Crippen molar-refractivity contribution in [3.8, 4) is 5.75 Å². The Morgan fingerprint density at radius 3 is 3.06 bits per heavy atom. The fourth-order valence-electron chi connectivity index (χ4n) is 2.61. The Kier molecular flexibility index (Phi) is 4.55. The molecule has 2 rings (SSSR count). The lowest BCUT2D eigenvalue weighted by molar-refractivity contribution is 0.248. The molecule has 0 bridgehead atoms. The zero-order valence-corrected chi connectivity index (χ0v) is 11.2. The van der Waals surface area contributed by atoms with Crippen LogP contribution in [0.15, 0.2) is 12.1 Å². The lowest BCUT2D eigenvalue weighted by Crippen LogP contribution is -2.21. The second-order valence-corrected chi connectivity index (χ2v) is 5.04. The van der Waals surface area contributed by atoms with Crippen LogP contribution in [0.3, 0.4) is 0 Å². The number of aliphatic hydroxyl groups excluding tert-OH is 1. The maximum atomic E-state index is 8.96. The Hall–Kier alpha value is -1.13. The average Bonchev–Trinajstić information content (AvgIpc) is 2.76. The van der Waals surface area contributed by atoms with Gasteiger partial charge in [0, 0.05) is 37.5 Å². The van der Waals surface area contributed by atoms with Crippen LogP contribution < -0.4 is 4.74 Å². The third-order valence-electron chi connectivity index (χ3n) is 3.51. The summed E-state index contributed by atoms with van der Waals surface area (Å²) >= 11 is 0. The first-order chi connectivity index (χ1) is 8.71. The molecule has 0 saturated carbocycles. The quantitative estimate of drug-likeness (QED) is 0.862. The second-order valence-electron chi connectivity index (χ2n) is 5.04. The summed E-state index contributed by atoms with van der Waals surface area (Å²) < 4.78 is 5.27. The van der Waals surface area contributed by atoms with Gasteiger partial charge >= 0.3 is 0 Å². The van der Waals surface area contributed by atoms with E-state index in [2.05, 4.69) is 9.88 Å². The first-order valence-electron chi connectivity index (χ1n) is 6.56. The van der Waals surface area contributed by atoms with E-state index in [9.17, 15) is 0 Å². The SMILES string of the molecule is COc1cc(C)nc(CN2CCC(CCO)C2)c1. The molecular formula is C14H22N2O2. The number of ether oxygens (including phenoxy) is 1. The number of hydrogen-bond acceptors (Lipinski definition) is 4. The molecule has 1 atom stereocenters. The van der Waals surface area contributed by atoms with Crippen LogP contribution in [0.2, 0.25) is 0 Å². The first kappa shape index (κ1) is 13.3. The summed E-state index contributed by atoms with van der Waals surface area (Å²) in [5, 5.41) is 8.96. The minimum atomic E-state index is 0.301. The summed E-state index contributed by atoms with van der Waals surface area (Å²) in [5.74, 6) is 1.52. The lowest BCUT2D eigenvalue weighted by atomic mass is 10.1. The molecule has 1 aliphatic heterocycles. The summed E-state index contributed by atoms with van der Waals surface area (Å²) in [6.07, 6.45) is 2.10. The van der Waals surface area contributed by atoms with E-state index >= 15 is 0 Å². The van der Waals surface area contributed by atoms with Crippen molar-refractivity contribution in [2.75, 3.05) is 26.8 Å². The minimum Gasteiger partial charge on any atom is -0.497 e. The Morgan fingerprint density at radius 1 is 1.50 bits per heavy atom. The number of methoxy groups -OCH3 is 1. The van der Waals surface area contributed by atoms with Crippen LogP contribution in [0, 0.1) is 12.8 Å². The molecule has 1 N–H and O–H groups in total. The number of aromatic nitrogens is 1. The van der Waals surface area contributed by atoms with Crippen LogP contribution in [0.25, 0.3) is 0 Å².